The second kappa shape index (κ2) is 5.67. The van der Waals surface area contributed by atoms with Crippen molar-refractivity contribution < 1.29 is 4.79 Å². The van der Waals surface area contributed by atoms with Crippen molar-refractivity contribution in [3.63, 3.8) is 0 Å². The van der Waals surface area contributed by atoms with Gasteiger partial charge in [-0.05, 0) is 17.0 Å². The quantitative estimate of drug-likeness (QED) is 0.721. The topological polar surface area (TPSA) is 55.1 Å². The molecule has 0 saturated heterocycles. The number of nitrogens with two attached hydrogens (primary N) is 1. The molecule has 0 aliphatic heterocycles. The Bertz CT molecular complexity index is 782. The molecule has 0 atom stereocenters. The van der Waals surface area contributed by atoms with E-state index in [1.165, 1.54) is 0 Å². The number of nitrogen functional groups attached to an aromatic ring is 1. The molecule has 0 saturated carbocycles. The lowest BCUT2D eigenvalue weighted by atomic mass is 10.0. The molecule has 3 heteroatoms. The first-order valence-electron chi connectivity index (χ1n) is 6.85. The van der Waals surface area contributed by atoms with E-state index in [0.29, 0.717) is 17.8 Å². The fourth-order valence-corrected chi connectivity index (χ4v) is 2.37. The number of amides is 1. The molecule has 104 valence electrons. The SMILES string of the molecule is Nc1c(C(=O)NCc2ccccc2)ccc2ccccc12. The molecule has 3 aromatic rings. The number of carbonyl (C=O) groups is 1. The number of anilines is 1. The molecule has 0 aliphatic carbocycles. The Morgan fingerprint density at radius 3 is 2.43 bits per heavy atom. The van der Waals surface area contributed by atoms with Gasteiger partial charge in [-0.15, -0.1) is 0 Å². The van der Waals surface area contributed by atoms with Crippen LogP contribution in [0.25, 0.3) is 10.8 Å². The van der Waals surface area contributed by atoms with Crippen LogP contribution in [-0.4, -0.2) is 5.91 Å². The van der Waals surface area contributed by atoms with Crippen LogP contribution in [0, 0.1) is 0 Å². The molecule has 3 N–H and O–H groups in total. The highest BCUT2D eigenvalue weighted by Crippen LogP contribution is 2.24. The first-order valence-corrected chi connectivity index (χ1v) is 6.85. The molecule has 0 aliphatic rings. The summed E-state index contributed by atoms with van der Waals surface area (Å²) in [6, 6.07) is 21.3. The van der Waals surface area contributed by atoms with Gasteiger partial charge in [0.2, 0.25) is 0 Å². The number of fused-ring (bicyclic) bond motifs is 1. The summed E-state index contributed by atoms with van der Waals surface area (Å²) < 4.78 is 0. The number of nitrogens with one attached hydrogen (secondary N) is 1. The minimum Gasteiger partial charge on any atom is -0.398 e. The van der Waals surface area contributed by atoms with Crippen LogP contribution < -0.4 is 11.1 Å². The highest BCUT2D eigenvalue weighted by atomic mass is 16.1. The van der Waals surface area contributed by atoms with Crippen LogP contribution in [0.4, 0.5) is 5.69 Å². The summed E-state index contributed by atoms with van der Waals surface area (Å²) >= 11 is 0. The van der Waals surface area contributed by atoms with E-state index in [2.05, 4.69) is 5.32 Å². The smallest absolute Gasteiger partial charge is 0.253 e. The first kappa shape index (κ1) is 13.2. The van der Waals surface area contributed by atoms with Gasteiger partial charge < -0.3 is 11.1 Å². The lowest BCUT2D eigenvalue weighted by molar-refractivity contribution is 0.0952. The summed E-state index contributed by atoms with van der Waals surface area (Å²) in [5.41, 5.74) is 8.23. The summed E-state index contributed by atoms with van der Waals surface area (Å²) in [5.74, 6) is -0.151. The summed E-state index contributed by atoms with van der Waals surface area (Å²) in [4.78, 5) is 12.3. The van der Waals surface area contributed by atoms with Crippen molar-refractivity contribution in [1.82, 2.24) is 5.32 Å². The van der Waals surface area contributed by atoms with Crippen LogP contribution in [0.2, 0.25) is 0 Å². The number of hydrogen-bond acceptors (Lipinski definition) is 2. The minimum atomic E-state index is -0.151. The Morgan fingerprint density at radius 1 is 0.905 bits per heavy atom. The second-order valence-electron chi connectivity index (χ2n) is 4.92. The maximum absolute atomic E-state index is 12.3. The van der Waals surface area contributed by atoms with Gasteiger partial charge in [0.1, 0.15) is 0 Å². The van der Waals surface area contributed by atoms with E-state index in [4.69, 9.17) is 5.73 Å². The van der Waals surface area contributed by atoms with E-state index in [9.17, 15) is 4.79 Å². The molecule has 0 fully saturated rings. The van der Waals surface area contributed by atoms with Crippen molar-refractivity contribution in [2.75, 3.05) is 5.73 Å². The van der Waals surface area contributed by atoms with Gasteiger partial charge in [-0.25, -0.2) is 0 Å². The van der Waals surface area contributed by atoms with Gasteiger partial charge in [0.05, 0.1) is 11.3 Å². The van der Waals surface area contributed by atoms with Crippen LogP contribution in [0.15, 0.2) is 66.7 Å². The third-order valence-corrected chi connectivity index (χ3v) is 3.51. The van der Waals surface area contributed by atoms with Gasteiger partial charge in [0, 0.05) is 11.9 Å². The Kier molecular flexibility index (Phi) is 3.56. The molecule has 0 unspecified atom stereocenters. The molecular formula is C18H16N2O. The standard InChI is InChI=1S/C18H16N2O/c19-17-15-9-5-4-8-14(15)10-11-16(17)18(21)20-12-13-6-2-1-3-7-13/h1-11H,12,19H2,(H,20,21). The highest BCUT2D eigenvalue weighted by Gasteiger charge is 2.11. The van der Waals surface area contributed by atoms with Crippen LogP contribution >= 0.6 is 0 Å². The van der Waals surface area contributed by atoms with Gasteiger partial charge in [-0.2, -0.15) is 0 Å². The molecule has 21 heavy (non-hydrogen) atoms. The predicted octanol–water partition coefficient (Wildman–Crippen LogP) is 3.35. The van der Waals surface area contributed by atoms with E-state index in [-0.39, 0.29) is 5.91 Å². The van der Waals surface area contributed by atoms with E-state index in [1.54, 1.807) is 6.07 Å². The maximum Gasteiger partial charge on any atom is 0.253 e. The van der Waals surface area contributed by atoms with Crippen LogP contribution in [0.5, 0.6) is 0 Å². The van der Waals surface area contributed by atoms with Gasteiger partial charge in [0.25, 0.3) is 5.91 Å². The largest absolute Gasteiger partial charge is 0.398 e. The predicted molar refractivity (Wildman–Crippen MR) is 86.0 cm³/mol. The third-order valence-electron chi connectivity index (χ3n) is 3.51. The zero-order chi connectivity index (χ0) is 14.7. The average Bonchev–Trinajstić information content (AvgIpc) is 2.54. The summed E-state index contributed by atoms with van der Waals surface area (Å²) in [6.45, 7) is 0.492. The Morgan fingerprint density at radius 2 is 1.62 bits per heavy atom. The minimum absolute atomic E-state index is 0.151. The van der Waals surface area contributed by atoms with Crippen molar-refractivity contribution in [1.29, 1.82) is 0 Å². The van der Waals surface area contributed by atoms with E-state index < -0.39 is 0 Å². The van der Waals surface area contributed by atoms with Crippen LogP contribution in [0.1, 0.15) is 15.9 Å². The lowest BCUT2D eigenvalue weighted by Gasteiger charge is -2.10. The van der Waals surface area contributed by atoms with E-state index in [1.807, 2.05) is 60.7 Å². The zero-order valence-electron chi connectivity index (χ0n) is 11.5. The molecular weight excluding hydrogens is 260 g/mol. The average molecular weight is 276 g/mol. The second-order valence-corrected chi connectivity index (χ2v) is 4.92. The molecule has 0 radical (unpaired) electrons. The van der Waals surface area contributed by atoms with Crippen molar-refractivity contribution in [3.05, 3.63) is 77.9 Å². The highest BCUT2D eigenvalue weighted by molar-refractivity contribution is 6.07. The van der Waals surface area contributed by atoms with Crippen LogP contribution in [0.3, 0.4) is 0 Å². The maximum atomic E-state index is 12.3. The van der Waals surface area contributed by atoms with Crippen molar-refractivity contribution in [2.45, 2.75) is 6.54 Å². The molecule has 3 rings (SSSR count). The number of carbonyl (C=O) groups excluding carboxylic acids is 1. The molecule has 0 spiro atoms. The molecule has 1 amide bonds. The molecule has 3 aromatic carbocycles. The number of hydrogen-bond donors (Lipinski definition) is 2. The van der Waals surface area contributed by atoms with Gasteiger partial charge >= 0.3 is 0 Å². The van der Waals surface area contributed by atoms with E-state index in [0.717, 1.165) is 16.3 Å². The van der Waals surface area contributed by atoms with Crippen molar-refractivity contribution in [2.24, 2.45) is 0 Å². The summed E-state index contributed by atoms with van der Waals surface area (Å²) in [6.07, 6.45) is 0. The van der Waals surface area contributed by atoms with Crippen LogP contribution in [-0.2, 0) is 6.54 Å². The number of rotatable bonds is 3. The summed E-state index contributed by atoms with van der Waals surface area (Å²) in [7, 11) is 0. The third kappa shape index (κ3) is 2.72. The monoisotopic (exact) mass is 276 g/mol. The zero-order valence-corrected chi connectivity index (χ0v) is 11.5. The van der Waals surface area contributed by atoms with Crippen molar-refractivity contribution >= 4 is 22.4 Å². The van der Waals surface area contributed by atoms with Crippen molar-refractivity contribution in [3.8, 4) is 0 Å². The first-order chi connectivity index (χ1) is 10.3. The number of benzene rings is 3. The normalized spacial score (nSPS) is 10.5. The van der Waals surface area contributed by atoms with Gasteiger partial charge in [-0.1, -0.05) is 60.7 Å². The van der Waals surface area contributed by atoms with E-state index >= 15 is 0 Å². The van der Waals surface area contributed by atoms with Gasteiger partial charge in [0.15, 0.2) is 0 Å². The lowest BCUT2D eigenvalue weighted by Crippen LogP contribution is -2.23. The molecule has 3 nitrogen and oxygen atoms in total. The fourth-order valence-electron chi connectivity index (χ4n) is 2.37. The summed E-state index contributed by atoms with van der Waals surface area (Å²) in [5, 5.41) is 4.85. The molecule has 0 bridgehead atoms. The molecule has 0 heterocycles. The Balaban J connectivity index is 1.83. The fraction of sp³-hybridized carbons (Fsp3) is 0.0556. The Labute approximate surface area is 123 Å². The van der Waals surface area contributed by atoms with Gasteiger partial charge in [-0.3, -0.25) is 4.79 Å². The Hall–Kier alpha value is -2.81. The molecule has 0 aromatic heterocycles.